The number of hydrogen-bond acceptors (Lipinski definition) is 7. The number of hydrazone groups is 2. The molecule has 4 atom stereocenters. The fourth-order valence-corrected chi connectivity index (χ4v) is 4.16. The lowest BCUT2D eigenvalue weighted by molar-refractivity contribution is -0.145. The zero-order chi connectivity index (χ0) is 20.1. The van der Waals surface area contributed by atoms with Crippen molar-refractivity contribution in [2.75, 3.05) is 6.61 Å². The molecule has 0 amide bonds. The van der Waals surface area contributed by atoms with Crippen molar-refractivity contribution in [3.05, 3.63) is 35.4 Å². The molecule has 0 bridgehead atoms. The third kappa shape index (κ3) is 4.18. The molecule has 0 radical (unpaired) electrons. The molecule has 1 aromatic carbocycles. The fourth-order valence-electron chi connectivity index (χ4n) is 4.16. The fraction of sp³-hybridized carbons (Fsp3) is 0.550. The first-order valence-electron chi connectivity index (χ1n) is 9.72. The van der Waals surface area contributed by atoms with Crippen molar-refractivity contribution in [3.8, 4) is 0 Å². The number of aryl methyl sites for hydroxylation is 1. The number of rotatable bonds is 10. The molecule has 1 heterocycles. The smallest absolute Gasteiger partial charge is 0.310 e. The average Bonchev–Trinajstić information content (AvgIpc) is 3.47. The van der Waals surface area contributed by atoms with E-state index < -0.39 is 17.5 Å². The molecule has 2 aliphatic rings. The molecule has 3 rings (SSSR count). The SMILES string of the molecule is CC[C@@H]1C[C@@]1(C(=O)O)[C@H](Cc1ccc(CCC(O)CO)cc1)C1=NNNN=C1. The number of nitrogens with zero attached hydrogens (tertiary/aromatic N) is 2. The van der Waals surface area contributed by atoms with Crippen LogP contribution in [0, 0.1) is 17.3 Å². The van der Waals surface area contributed by atoms with E-state index in [0.29, 0.717) is 31.4 Å². The molecule has 0 aromatic heterocycles. The van der Waals surface area contributed by atoms with E-state index in [4.69, 9.17) is 5.11 Å². The molecule has 1 aliphatic carbocycles. The Balaban J connectivity index is 1.78. The van der Waals surface area contributed by atoms with Crippen LogP contribution in [-0.4, -0.2) is 45.9 Å². The lowest BCUT2D eigenvalue weighted by Gasteiger charge is -2.26. The second kappa shape index (κ2) is 8.70. The van der Waals surface area contributed by atoms with Gasteiger partial charge >= 0.3 is 5.97 Å². The highest BCUT2D eigenvalue weighted by Crippen LogP contribution is 2.60. The molecule has 8 nitrogen and oxygen atoms in total. The zero-order valence-corrected chi connectivity index (χ0v) is 16.0. The first-order chi connectivity index (χ1) is 13.5. The number of benzene rings is 1. The van der Waals surface area contributed by atoms with Gasteiger partial charge < -0.3 is 15.3 Å². The molecule has 1 unspecified atom stereocenters. The molecule has 0 saturated heterocycles. The molecule has 8 heteroatoms. The van der Waals surface area contributed by atoms with E-state index in [-0.39, 0.29) is 18.4 Å². The summed E-state index contributed by atoms with van der Waals surface area (Å²) in [6, 6.07) is 7.98. The molecule has 28 heavy (non-hydrogen) atoms. The van der Waals surface area contributed by atoms with Gasteiger partial charge in [0.05, 0.1) is 30.1 Å². The third-order valence-corrected chi connectivity index (χ3v) is 5.96. The van der Waals surface area contributed by atoms with Crippen LogP contribution in [0.25, 0.3) is 0 Å². The van der Waals surface area contributed by atoms with Crippen molar-refractivity contribution in [1.29, 1.82) is 0 Å². The molecule has 0 spiro atoms. The Morgan fingerprint density at radius 3 is 2.54 bits per heavy atom. The summed E-state index contributed by atoms with van der Waals surface area (Å²) >= 11 is 0. The van der Waals surface area contributed by atoms with Crippen LogP contribution in [0.1, 0.15) is 37.3 Å². The third-order valence-electron chi connectivity index (χ3n) is 5.96. The molecule has 1 aliphatic heterocycles. The Morgan fingerprint density at radius 2 is 2.00 bits per heavy atom. The second-order valence-electron chi connectivity index (χ2n) is 7.62. The van der Waals surface area contributed by atoms with Crippen molar-refractivity contribution < 1.29 is 20.1 Å². The summed E-state index contributed by atoms with van der Waals surface area (Å²) in [7, 11) is 0. The first-order valence-corrected chi connectivity index (χ1v) is 9.72. The average molecular weight is 388 g/mol. The van der Waals surface area contributed by atoms with E-state index >= 15 is 0 Å². The van der Waals surface area contributed by atoms with Gasteiger partial charge in [-0.2, -0.15) is 10.2 Å². The second-order valence-corrected chi connectivity index (χ2v) is 7.62. The van der Waals surface area contributed by atoms with Crippen molar-refractivity contribution in [3.63, 3.8) is 0 Å². The van der Waals surface area contributed by atoms with E-state index in [9.17, 15) is 15.0 Å². The van der Waals surface area contributed by atoms with E-state index in [1.54, 1.807) is 6.21 Å². The number of hydrazine groups is 1. The van der Waals surface area contributed by atoms with Crippen molar-refractivity contribution in [2.45, 2.75) is 45.1 Å². The van der Waals surface area contributed by atoms with E-state index in [0.717, 1.165) is 17.5 Å². The quantitative estimate of drug-likeness (QED) is 0.408. The highest BCUT2D eigenvalue weighted by molar-refractivity contribution is 6.32. The Kier molecular flexibility index (Phi) is 6.31. The van der Waals surface area contributed by atoms with E-state index in [1.807, 2.05) is 31.2 Å². The lowest BCUT2D eigenvalue weighted by atomic mass is 9.78. The van der Waals surface area contributed by atoms with Crippen LogP contribution in [0.2, 0.25) is 0 Å². The normalized spacial score (nSPS) is 25.2. The predicted octanol–water partition coefficient (Wildman–Crippen LogP) is 1.08. The molecule has 5 N–H and O–H groups in total. The number of carboxylic acid groups (broad SMARTS) is 1. The summed E-state index contributed by atoms with van der Waals surface area (Å²) in [5.74, 6) is -0.899. The Bertz CT molecular complexity index is 749. The summed E-state index contributed by atoms with van der Waals surface area (Å²) in [4.78, 5) is 12.2. The van der Waals surface area contributed by atoms with Crippen LogP contribution in [0.5, 0.6) is 0 Å². The number of aliphatic hydroxyl groups is 2. The van der Waals surface area contributed by atoms with Gasteiger partial charge in [-0.1, -0.05) is 37.6 Å². The van der Waals surface area contributed by atoms with Gasteiger partial charge in [-0.25, -0.2) is 11.1 Å². The summed E-state index contributed by atoms with van der Waals surface area (Å²) < 4.78 is 0. The largest absolute Gasteiger partial charge is 0.481 e. The monoisotopic (exact) mass is 388 g/mol. The topological polar surface area (TPSA) is 127 Å². The number of carbonyl (C=O) groups is 1. The molecular formula is C20H28N4O4. The van der Waals surface area contributed by atoms with Gasteiger partial charge in [0.25, 0.3) is 0 Å². The minimum atomic E-state index is -0.803. The standard InChI is InChI=1S/C20H28N4O4/c1-2-15-10-20(15,19(27)28)17(18-11-21-23-24-22-18)9-14-5-3-13(4-6-14)7-8-16(26)12-25/h3-6,11,15-17,23-26H,2,7-10,12H2,1H3,(H,27,28)/t15-,16?,17-,20+/m1/s1. The molecule has 1 saturated carbocycles. The number of nitrogens with one attached hydrogen (secondary N) is 2. The molecule has 1 aromatic rings. The molecular weight excluding hydrogens is 360 g/mol. The first kappa shape index (κ1) is 20.3. The molecule has 152 valence electrons. The van der Waals surface area contributed by atoms with Crippen LogP contribution in [0.15, 0.2) is 34.5 Å². The number of hydrogen-bond donors (Lipinski definition) is 5. The summed E-state index contributed by atoms with van der Waals surface area (Å²) in [5, 5.41) is 36.6. The van der Waals surface area contributed by atoms with Crippen LogP contribution < -0.4 is 11.1 Å². The highest BCUT2D eigenvalue weighted by Gasteiger charge is 2.64. The van der Waals surface area contributed by atoms with Gasteiger partial charge in [-0.15, -0.1) is 0 Å². The Labute approximate surface area is 164 Å². The Hall–Kier alpha value is -2.45. The lowest BCUT2D eigenvalue weighted by Crippen LogP contribution is -2.40. The predicted molar refractivity (Wildman–Crippen MR) is 106 cm³/mol. The summed E-state index contributed by atoms with van der Waals surface area (Å²) in [5.41, 5.74) is 7.11. The van der Waals surface area contributed by atoms with Gasteiger partial charge in [-0.3, -0.25) is 4.79 Å². The van der Waals surface area contributed by atoms with Gasteiger partial charge in [0.15, 0.2) is 0 Å². The van der Waals surface area contributed by atoms with Crippen LogP contribution in [0.4, 0.5) is 0 Å². The van der Waals surface area contributed by atoms with Crippen molar-refractivity contribution in [2.24, 2.45) is 27.5 Å². The maximum absolute atomic E-state index is 12.2. The van der Waals surface area contributed by atoms with Gasteiger partial charge in [0.2, 0.25) is 0 Å². The van der Waals surface area contributed by atoms with Crippen molar-refractivity contribution in [1.82, 2.24) is 11.1 Å². The Morgan fingerprint density at radius 1 is 1.29 bits per heavy atom. The summed E-state index contributed by atoms with van der Waals surface area (Å²) in [6.07, 6.45) is 4.12. The summed E-state index contributed by atoms with van der Waals surface area (Å²) in [6.45, 7) is 1.79. The molecule has 1 fully saturated rings. The van der Waals surface area contributed by atoms with Gasteiger partial charge in [0, 0.05) is 5.92 Å². The number of carboxylic acids is 1. The number of aliphatic carboxylic acids is 1. The van der Waals surface area contributed by atoms with Gasteiger partial charge in [-0.05, 0) is 42.7 Å². The van der Waals surface area contributed by atoms with Crippen LogP contribution in [0.3, 0.4) is 0 Å². The number of aliphatic hydroxyl groups excluding tert-OH is 2. The minimum absolute atomic E-state index is 0.139. The maximum atomic E-state index is 12.2. The maximum Gasteiger partial charge on any atom is 0.310 e. The minimum Gasteiger partial charge on any atom is -0.481 e. The van der Waals surface area contributed by atoms with Crippen LogP contribution in [-0.2, 0) is 17.6 Å². The van der Waals surface area contributed by atoms with Gasteiger partial charge in [0.1, 0.15) is 0 Å². The zero-order valence-electron chi connectivity index (χ0n) is 16.0. The van der Waals surface area contributed by atoms with E-state index in [2.05, 4.69) is 21.3 Å². The van der Waals surface area contributed by atoms with E-state index in [1.165, 1.54) is 0 Å². The van der Waals surface area contributed by atoms with Crippen molar-refractivity contribution >= 4 is 17.9 Å². The highest BCUT2D eigenvalue weighted by atomic mass is 16.4. The van der Waals surface area contributed by atoms with Crippen LogP contribution >= 0.6 is 0 Å².